The largest absolute Gasteiger partial charge is 0.325 e. The maximum atomic E-state index is 12.1. The quantitative estimate of drug-likeness (QED) is 0.751. The third-order valence-corrected chi connectivity index (χ3v) is 4.25. The number of aromatic nitrogens is 3. The van der Waals surface area contributed by atoms with E-state index >= 15 is 0 Å². The molecule has 0 saturated carbocycles. The van der Waals surface area contributed by atoms with Crippen LogP contribution in [0.4, 0.5) is 5.69 Å². The van der Waals surface area contributed by atoms with Crippen LogP contribution in [0.2, 0.25) is 5.02 Å². The Morgan fingerprint density at radius 3 is 2.82 bits per heavy atom. The molecule has 5 nitrogen and oxygen atoms in total. The monoisotopic (exact) mass is 338 g/mol. The SMILES string of the molecule is CCCCc1nc(SC(C)C(=O)Nc2ccc(Cl)cc2)n[nH]1. The molecule has 118 valence electrons. The minimum atomic E-state index is -0.287. The lowest BCUT2D eigenvalue weighted by Crippen LogP contribution is -2.22. The third kappa shape index (κ3) is 5.03. The lowest BCUT2D eigenvalue weighted by Gasteiger charge is -2.10. The van der Waals surface area contributed by atoms with Gasteiger partial charge in [0.2, 0.25) is 11.1 Å². The van der Waals surface area contributed by atoms with E-state index in [1.807, 2.05) is 6.92 Å². The van der Waals surface area contributed by atoms with Crippen LogP contribution >= 0.6 is 23.4 Å². The van der Waals surface area contributed by atoms with Crippen molar-refractivity contribution < 1.29 is 4.79 Å². The van der Waals surface area contributed by atoms with Gasteiger partial charge in [0.15, 0.2) is 0 Å². The van der Waals surface area contributed by atoms with Gasteiger partial charge in [-0.3, -0.25) is 9.89 Å². The summed E-state index contributed by atoms with van der Waals surface area (Å²) >= 11 is 7.16. The lowest BCUT2D eigenvalue weighted by atomic mass is 10.2. The fraction of sp³-hybridized carbons (Fsp3) is 0.400. The van der Waals surface area contributed by atoms with Crippen molar-refractivity contribution in [3.8, 4) is 0 Å². The highest BCUT2D eigenvalue weighted by Gasteiger charge is 2.17. The highest BCUT2D eigenvalue weighted by Crippen LogP contribution is 2.21. The number of carbonyl (C=O) groups is 1. The molecule has 1 atom stereocenters. The number of hydrogen-bond acceptors (Lipinski definition) is 4. The summed E-state index contributed by atoms with van der Waals surface area (Å²) in [4.78, 5) is 16.5. The first-order chi connectivity index (χ1) is 10.6. The normalized spacial score (nSPS) is 12.1. The summed E-state index contributed by atoms with van der Waals surface area (Å²) in [6.45, 7) is 3.97. The van der Waals surface area contributed by atoms with Gasteiger partial charge in [0.1, 0.15) is 5.82 Å². The topological polar surface area (TPSA) is 70.7 Å². The number of halogens is 1. The number of carbonyl (C=O) groups excluding carboxylic acids is 1. The molecule has 7 heteroatoms. The molecule has 1 unspecified atom stereocenters. The summed E-state index contributed by atoms with van der Waals surface area (Å²) in [5, 5.41) is 10.9. The van der Waals surface area contributed by atoms with Gasteiger partial charge in [0, 0.05) is 17.1 Å². The Bertz CT molecular complexity index is 614. The van der Waals surface area contributed by atoms with Gasteiger partial charge in [-0.2, -0.15) is 0 Å². The van der Waals surface area contributed by atoms with Crippen LogP contribution in [-0.2, 0) is 11.2 Å². The number of thioether (sulfide) groups is 1. The zero-order valence-electron chi connectivity index (χ0n) is 12.6. The molecule has 1 aromatic heterocycles. The Hall–Kier alpha value is -1.53. The molecular weight excluding hydrogens is 320 g/mol. The van der Waals surface area contributed by atoms with Crippen LogP contribution in [0, 0.1) is 0 Å². The van der Waals surface area contributed by atoms with E-state index in [0.717, 1.165) is 30.8 Å². The molecule has 0 aliphatic carbocycles. The van der Waals surface area contributed by atoms with Crippen molar-refractivity contribution in [2.24, 2.45) is 0 Å². The number of nitrogens with zero attached hydrogens (tertiary/aromatic N) is 2. The van der Waals surface area contributed by atoms with Crippen molar-refractivity contribution in [1.82, 2.24) is 15.2 Å². The number of amides is 1. The molecular formula is C15H19ClN4OS. The van der Waals surface area contributed by atoms with Crippen molar-refractivity contribution in [1.29, 1.82) is 0 Å². The van der Waals surface area contributed by atoms with Gasteiger partial charge >= 0.3 is 0 Å². The van der Waals surface area contributed by atoms with Crippen molar-refractivity contribution in [2.45, 2.75) is 43.5 Å². The van der Waals surface area contributed by atoms with E-state index in [1.165, 1.54) is 11.8 Å². The van der Waals surface area contributed by atoms with Crippen LogP contribution in [0.3, 0.4) is 0 Å². The first-order valence-corrected chi connectivity index (χ1v) is 8.48. The average molecular weight is 339 g/mol. The third-order valence-electron chi connectivity index (χ3n) is 3.04. The van der Waals surface area contributed by atoms with Crippen molar-refractivity contribution in [2.75, 3.05) is 5.32 Å². The second-order valence-electron chi connectivity index (χ2n) is 4.92. The van der Waals surface area contributed by atoms with Crippen LogP contribution in [0.5, 0.6) is 0 Å². The van der Waals surface area contributed by atoms with Gasteiger partial charge in [-0.05, 0) is 37.6 Å². The van der Waals surface area contributed by atoms with Gasteiger partial charge in [-0.15, -0.1) is 5.10 Å². The number of hydrogen-bond donors (Lipinski definition) is 2. The first-order valence-electron chi connectivity index (χ1n) is 7.23. The van der Waals surface area contributed by atoms with Crippen LogP contribution in [0.1, 0.15) is 32.5 Å². The molecule has 0 bridgehead atoms. The van der Waals surface area contributed by atoms with E-state index in [1.54, 1.807) is 24.3 Å². The molecule has 1 amide bonds. The van der Waals surface area contributed by atoms with Gasteiger partial charge in [0.25, 0.3) is 0 Å². The Labute approximate surface area is 139 Å². The average Bonchev–Trinajstić information content (AvgIpc) is 2.95. The van der Waals surface area contributed by atoms with Crippen molar-refractivity contribution in [3.63, 3.8) is 0 Å². The van der Waals surface area contributed by atoms with Gasteiger partial charge in [-0.1, -0.05) is 36.7 Å². The first kappa shape index (κ1) is 16.8. The lowest BCUT2D eigenvalue weighted by molar-refractivity contribution is -0.115. The van der Waals surface area contributed by atoms with Gasteiger partial charge < -0.3 is 5.32 Å². The van der Waals surface area contributed by atoms with E-state index in [4.69, 9.17) is 11.6 Å². The van der Waals surface area contributed by atoms with Gasteiger partial charge in [0.05, 0.1) is 5.25 Å². The zero-order valence-corrected chi connectivity index (χ0v) is 14.2. The predicted octanol–water partition coefficient (Wildman–Crippen LogP) is 3.92. The fourth-order valence-electron chi connectivity index (χ4n) is 1.78. The smallest absolute Gasteiger partial charge is 0.237 e. The summed E-state index contributed by atoms with van der Waals surface area (Å²) in [6, 6.07) is 7.02. The zero-order chi connectivity index (χ0) is 15.9. The maximum Gasteiger partial charge on any atom is 0.237 e. The number of nitrogens with one attached hydrogen (secondary N) is 2. The second kappa shape index (κ2) is 8.19. The Morgan fingerprint density at radius 1 is 1.41 bits per heavy atom. The molecule has 2 rings (SSSR count). The summed E-state index contributed by atoms with van der Waals surface area (Å²) < 4.78 is 0. The number of benzene rings is 1. The van der Waals surface area contributed by atoms with Crippen LogP contribution in [-0.4, -0.2) is 26.3 Å². The van der Waals surface area contributed by atoms with Gasteiger partial charge in [-0.25, -0.2) is 4.98 Å². The van der Waals surface area contributed by atoms with Crippen molar-refractivity contribution in [3.05, 3.63) is 35.1 Å². The standard InChI is InChI=1S/C15H19ClN4OS/c1-3-4-5-13-18-15(20-19-13)22-10(2)14(21)17-12-8-6-11(16)7-9-12/h6-10H,3-5H2,1-2H3,(H,17,21)(H,18,19,20). The molecule has 0 saturated heterocycles. The highest BCUT2D eigenvalue weighted by atomic mass is 35.5. The minimum Gasteiger partial charge on any atom is -0.325 e. The Balaban J connectivity index is 1.87. The number of anilines is 1. The second-order valence-corrected chi connectivity index (χ2v) is 6.67. The summed E-state index contributed by atoms with van der Waals surface area (Å²) in [6.07, 6.45) is 3.07. The Morgan fingerprint density at radius 2 is 2.14 bits per heavy atom. The number of aromatic amines is 1. The van der Waals surface area contributed by atoms with E-state index in [9.17, 15) is 4.79 Å². The molecule has 1 heterocycles. The van der Waals surface area contributed by atoms with E-state index < -0.39 is 0 Å². The highest BCUT2D eigenvalue weighted by molar-refractivity contribution is 8.00. The molecule has 0 fully saturated rings. The summed E-state index contributed by atoms with van der Waals surface area (Å²) in [5.41, 5.74) is 0.723. The van der Waals surface area contributed by atoms with Crippen LogP contribution in [0.25, 0.3) is 0 Å². The molecule has 0 aliphatic rings. The molecule has 0 radical (unpaired) electrons. The van der Waals surface area contributed by atoms with Crippen LogP contribution < -0.4 is 5.32 Å². The molecule has 0 spiro atoms. The molecule has 1 aromatic carbocycles. The maximum absolute atomic E-state index is 12.1. The number of H-pyrrole nitrogens is 1. The molecule has 2 aromatic rings. The molecule has 2 N–H and O–H groups in total. The molecule has 22 heavy (non-hydrogen) atoms. The Kier molecular flexibility index (Phi) is 6.27. The number of aryl methyl sites for hydroxylation is 1. The van der Waals surface area contributed by atoms with E-state index in [-0.39, 0.29) is 11.2 Å². The fourth-order valence-corrected chi connectivity index (χ4v) is 2.64. The van der Waals surface area contributed by atoms with Crippen LogP contribution in [0.15, 0.2) is 29.4 Å². The predicted molar refractivity (Wildman–Crippen MR) is 90.4 cm³/mol. The minimum absolute atomic E-state index is 0.0905. The summed E-state index contributed by atoms with van der Waals surface area (Å²) in [7, 11) is 0. The molecule has 0 aliphatic heterocycles. The number of rotatable bonds is 7. The van der Waals surface area contributed by atoms with E-state index in [0.29, 0.717) is 10.2 Å². The van der Waals surface area contributed by atoms with Crippen molar-refractivity contribution >= 4 is 35.0 Å². The van der Waals surface area contributed by atoms with E-state index in [2.05, 4.69) is 27.4 Å². The number of unbranched alkanes of at least 4 members (excludes halogenated alkanes) is 1. The summed E-state index contributed by atoms with van der Waals surface area (Å²) in [5.74, 6) is 0.780.